The third-order valence-corrected chi connectivity index (χ3v) is 3.07. The standard InChI is InChI=1S/C12H13BrN2O/c1-8(7-16)11-6-12(15-14-11)9-2-4-10(13)5-3-9/h2-6,8,16H,7H2,1H3,(H,14,15). The minimum atomic E-state index is 0.0942. The predicted octanol–water partition coefficient (Wildman–Crippen LogP) is 2.94. The smallest absolute Gasteiger partial charge is 0.0923 e. The molecule has 0 saturated carbocycles. The van der Waals surface area contributed by atoms with Gasteiger partial charge >= 0.3 is 0 Å². The Hall–Kier alpha value is -1.13. The van der Waals surface area contributed by atoms with Gasteiger partial charge in [0.05, 0.1) is 12.3 Å². The number of nitrogens with one attached hydrogen (secondary N) is 1. The second-order valence-corrected chi connectivity index (χ2v) is 4.71. The van der Waals surface area contributed by atoms with Crippen LogP contribution in [0.25, 0.3) is 11.3 Å². The van der Waals surface area contributed by atoms with Gasteiger partial charge in [0.15, 0.2) is 0 Å². The molecule has 84 valence electrons. The molecule has 1 aromatic heterocycles. The summed E-state index contributed by atoms with van der Waals surface area (Å²) in [5.41, 5.74) is 2.93. The van der Waals surface area contributed by atoms with Gasteiger partial charge in [-0.05, 0) is 18.2 Å². The van der Waals surface area contributed by atoms with Crippen molar-refractivity contribution in [3.05, 3.63) is 40.5 Å². The van der Waals surface area contributed by atoms with Crippen molar-refractivity contribution >= 4 is 15.9 Å². The molecule has 2 rings (SSSR count). The minimum Gasteiger partial charge on any atom is -0.396 e. The molecule has 1 heterocycles. The Morgan fingerprint density at radius 1 is 1.38 bits per heavy atom. The van der Waals surface area contributed by atoms with Crippen molar-refractivity contribution in [3.63, 3.8) is 0 Å². The van der Waals surface area contributed by atoms with Crippen LogP contribution < -0.4 is 0 Å². The van der Waals surface area contributed by atoms with Gasteiger partial charge in [-0.3, -0.25) is 5.10 Å². The average molecular weight is 281 g/mol. The van der Waals surface area contributed by atoms with Crippen LogP contribution in [-0.4, -0.2) is 21.9 Å². The van der Waals surface area contributed by atoms with Crippen molar-refractivity contribution in [3.8, 4) is 11.3 Å². The molecule has 2 aromatic rings. The van der Waals surface area contributed by atoms with Crippen molar-refractivity contribution in [2.24, 2.45) is 0 Å². The fourth-order valence-electron chi connectivity index (χ4n) is 1.46. The van der Waals surface area contributed by atoms with E-state index in [1.165, 1.54) is 0 Å². The van der Waals surface area contributed by atoms with Gasteiger partial charge in [-0.15, -0.1) is 0 Å². The number of aromatic nitrogens is 2. The van der Waals surface area contributed by atoms with E-state index in [-0.39, 0.29) is 12.5 Å². The number of benzene rings is 1. The third-order valence-electron chi connectivity index (χ3n) is 2.54. The van der Waals surface area contributed by atoms with Crippen LogP contribution in [0.15, 0.2) is 34.8 Å². The van der Waals surface area contributed by atoms with E-state index in [2.05, 4.69) is 26.1 Å². The minimum absolute atomic E-state index is 0.0942. The summed E-state index contributed by atoms with van der Waals surface area (Å²) in [7, 11) is 0. The summed E-state index contributed by atoms with van der Waals surface area (Å²) in [6.07, 6.45) is 0. The maximum absolute atomic E-state index is 9.05. The molecular weight excluding hydrogens is 268 g/mol. The molecule has 0 saturated heterocycles. The maximum Gasteiger partial charge on any atom is 0.0923 e. The number of halogens is 1. The number of H-pyrrole nitrogens is 1. The fourth-order valence-corrected chi connectivity index (χ4v) is 1.72. The first kappa shape index (κ1) is 11.4. The Kier molecular flexibility index (Phi) is 3.41. The van der Waals surface area contributed by atoms with Gasteiger partial charge in [0.1, 0.15) is 0 Å². The predicted molar refractivity (Wildman–Crippen MR) is 67.2 cm³/mol. The van der Waals surface area contributed by atoms with Gasteiger partial charge in [-0.2, -0.15) is 5.10 Å². The summed E-state index contributed by atoms with van der Waals surface area (Å²) in [5.74, 6) is 0.0942. The molecule has 2 N–H and O–H groups in total. The largest absolute Gasteiger partial charge is 0.396 e. The van der Waals surface area contributed by atoms with Crippen LogP contribution in [-0.2, 0) is 0 Å². The van der Waals surface area contributed by atoms with Crippen LogP contribution in [0.1, 0.15) is 18.5 Å². The van der Waals surface area contributed by atoms with Gasteiger partial charge in [-0.25, -0.2) is 0 Å². The molecule has 0 aliphatic rings. The van der Waals surface area contributed by atoms with Gasteiger partial charge in [0.25, 0.3) is 0 Å². The van der Waals surface area contributed by atoms with E-state index in [0.29, 0.717) is 0 Å². The molecule has 0 bridgehead atoms. The molecule has 1 aromatic carbocycles. The fraction of sp³-hybridized carbons (Fsp3) is 0.250. The van der Waals surface area contributed by atoms with Gasteiger partial charge < -0.3 is 5.11 Å². The number of rotatable bonds is 3. The second-order valence-electron chi connectivity index (χ2n) is 3.80. The van der Waals surface area contributed by atoms with E-state index < -0.39 is 0 Å². The average Bonchev–Trinajstić information content (AvgIpc) is 2.78. The number of hydrogen-bond acceptors (Lipinski definition) is 2. The first-order valence-corrected chi connectivity index (χ1v) is 5.92. The highest BCUT2D eigenvalue weighted by Gasteiger charge is 2.09. The zero-order chi connectivity index (χ0) is 11.5. The third kappa shape index (κ3) is 2.33. The summed E-state index contributed by atoms with van der Waals surface area (Å²) >= 11 is 3.40. The van der Waals surface area contributed by atoms with Crippen molar-refractivity contribution in [2.45, 2.75) is 12.8 Å². The number of hydrogen-bond donors (Lipinski definition) is 2. The molecule has 0 radical (unpaired) electrons. The summed E-state index contributed by atoms with van der Waals surface area (Å²) < 4.78 is 1.05. The Morgan fingerprint density at radius 2 is 2.06 bits per heavy atom. The van der Waals surface area contributed by atoms with Gasteiger partial charge in [0.2, 0.25) is 0 Å². The van der Waals surface area contributed by atoms with E-state index in [0.717, 1.165) is 21.4 Å². The number of aromatic amines is 1. The Balaban J connectivity index is 2.28. The lowest BCUT2D eigenvalue weighted by atomic mass is 10.1. The van der Waals surface area contributed by atoms with Crippen molar-refractivity contribution in [1.29, 1.82) is 0 Å². The summed E-state index contributed by atoms with van der Waals surface area (Å²) in [6, 6.07) is 9.96. The van der Waals surface area contributed by atoms with Crippen LogP contribution in [0.3, 0.4) is 0 Å². The number of aliphatic hydroxyl groups excluding tert-OH is 1. The monoisotopic (exact) mass is 280 g/mol. The number of aliphatic hydroxyl groups is 1. The highest BCUT2D eigenvalue weighted by Crippen LogP contribution is 2.22. The lowest BCUT2D eigenvalue weighted by molar-refractivity contribution is 0.271. The molecule has 3 nitrogen and oxygen atoms in total. The summed E-state index contributed by atoms with van der Waals surface area (Å²) in [4.78, 5) is 0. The molecule has 1 atom stereocenters. The Bertz CT molecular complexity index is 464. The second kappa shape index (κ2) is 4.80. The molecule has 16 heavy (non-hydrogen) atoms. The highest BCUT2D eigenvalue weighted by atomic mass is 79.9. The zero-order valence-electron chi connectivity index (χ0n) is 8.94. The Morgan fingerprint density at radius 3 is 2.69 bits per heavy atom. The molecule has 4 heteroatoms. The molecule has 0 aliphatic carbocycles. The SMILES string of the molecule is CC(CO)c1cc(-c2ccc(Br)cc2)n[nH]1. The van der Waals surface area contributed by atoms with E-state index in [1.54, 1.807) is 0 Å². The molecule has 0 fully saturated rings. The maximum atomic E-state index is 9.05. The van der Waals surface area contributed by atoms with Gasteiger partial charge in [-0.1, -0.05) is 35.0 Å². The number of nitrogens with zero attached hydrogens (tertiary/aromatic N) is 1. The lowest BCUT2D eigenvalue weighted by Gasteiger charge is -2.01. The molecule has 0 spiro atoms. The Labute approximate surface area is 103 Å². The van der Waals surface area contributed by atoms with Gasteiger partial charge in [0, 0.05) is 21.6 Å². The first-order chi connectivity index (χ1) is 7.70. The summed E-state index contributed by atoms with van der Waals surface area (Å²) in [5, 5.41) is 16.2. The van der Waals surface area contributed by atoms with Crippen molar-refractivity contribution in [2.75, 3.05) is 6.61 Å². The lowest BCUT2D eigenvalue weighted by Crippen LogP contribution is -1.98. The van der Waals surface area contributed by atoms with Crippen LogP contribution in [0, 0.1) is 0 Å². The normalized spacial score (nSPS) is 12.7. The van der Waals surface area contributed by atoms with Crippen molar-refractivity contribution in [1.82, 2.24) is 10.2 Å². The first-order valence-electron chi connectivity index (χ1n) is 5.13. The van der Waals surface area contributed by atoms with Crippen LogP contribution in [0.4, 0.5) is 0 Å². The van der Waals surface area contributed by atoms with Crippen molar-refractivity contribution < 1.29 is 5.11 Å². The quantitative estimate of drug-likeness (QED) is 0.908. The molecular formula is C12H13BrN2O. The highest BCUT2D eigenvalue weighted by molar-refractivity contribution is 9.10. The van der Waals surface area contributed by atoms with E-state index >= 15 is 0 Å². The summed E-state index contributed by atoms with van der Waals surface area (Å²) in [6.45, 7) is 2.08. The van der Waals surface area contributed by atoms with E-state index in [1.807, 2.05) is 37.3 Å². The van der Waals surface area contributed by atoms with E-state index in [4.69, 9.17) is 5.11 Å². The van der Waals surface area contributed by atoms with Crippen LogP contribution in [0.2, 0.25) is 0 Å². The molecule has 1 unspecified atom stereocenters. The zero-order valence-corrected chi connectivity index (χ0v) is 10.5. The van der Waals surface area contributed by atoms with E-state index in [9.17, 15) is 0 Å². The van der Waals surface area contributed by atoms with Crippen LogP contribution in [0.5, 0.6) is 0 Å². The molecule has 0 amide bonds. The topological polar surface area (TPSA) is 48.9 Å². The van der Waals surface area contributed by atoms with Crippen LogP contribution >= 0.6 is 15.9 Å². The molecule has 0 aliphatic heterocycles.